The molecule has 108 heavy (non-hydrogen) atoms. The summed E-state index contributed by atoms with van der Waals surface area (Å²) in [5.74, 6) is -15.6. The van der Waals surface area contributed by atoms with Gasteiger partial charge in [0.25, 0.3) is 0 Å². The van der Waals surface area contributed by atoms with Gasteiger partial charge in [-0.05, 0) is 115 Å². The van der Waals surface area contributed by atoms with E-state index in [4.69, 9.17) is 35.2 Å². The van der Waals surface area contributed by atoms with Crippen molar-refractivity contribution in [3.8, 4) is 0 Å². The Morgan fingerprint density at radius 2 is 1.01 bits per heavy atom. The van der Waals surface area contributed by atoms with E-state index < -0.39 is 227 Å². The van der Waals surface area contributed by atoms with Gasteiger partial charge < -0.3 is 106 Å². The highest BCUT2D eigenvalue weighted by atomic mass is 32.1. The minimum atomic E-state index is -1.77. The Morgan fingerprint density at radius 1 is 0.537 bits per heavy atom. The second kappa shape index (κ2) is 43.3. The van der Waals surface area contributed by atoms with Crippen LogP contribution in [0.2, 0.25) is 0 Å². The third kappa shape index (κ3) is 26.0. The van der Waals surface area contributed by atoms with E-state index in [0.29, 0.717) is 44.9 Å². The minimum absolute atomic E-state index is 0.00551. The molecule has 0 spiro atoms. The lowest BCUT2D eigenvalue weighted by molar-refractivity contribution is -0.150. The Hall–Kier alpha value is -8.10. The fraction of sp³-hybridized carbons (Fsp3) is 0.771. The van der Waals surface area contributed by atoms with Gasteiger partial charge in [-0.25, -0.2) is 0 Å². The maximum atomic E-state index is 15.5. The highest BCUT2D eigenvalue weighted by molar-refractivity contribution is 7.81. The van der Waals surface area contributed by atoms with Crippen LogP contribution in [0.25, 0.3) is 0 Å². The van der Waals surface area contributed by atoms with Crippen molar-refractivity contribution in [1.29, 1.82) is 5.41 Å². The first kappa shape index (κ1) is 92.3. The summed E-state index contributed by atoms with van der Waals surface area (Å²) in [6.45, 7) is 16.7. The molecular weight excluding hydrogens is 1450 g/mol. The van der Waals surface area contributed by atoms with Crippen LogP contribution in [0.1, 0.15) is 179 Å². The molecule has 0 aromatic carbocycles. The monoisotopic (exact) mass is 1560 g/mol. The topological polar surface area (TPSA) is 561 Å². The Balaban J connectivity index is 1.56. The maximum absolute atomic E-state index is 15.5. The number of hydrogen-bond acceptors (Lipinski definition) is 21. The number of likely N-dealkylation sites (tertiary alicyclic amines) is 3. The van der Waals surface area contributed by atoms with E-state index in [1.807, 2.05) is 0 Å². The van der Waals surface area contributed by atoms with Gasteiger partial charge in [0.05, 0.1) is 25.7 Å². The van der Waals surface area contributed by atoms with E-state index >= 15 is 14.4 Å². The van der Waals surface area contributed by atoms with E-state index in [1.54, 1.807) is 69.2 Å². The number of fused-ring (bicyclic) bond motifs is 1. The number of amides is 14. The van der Waals surface area contributed by atoms with Crippen LogP contribution < -0.4 is 75.7 Å². The van der Waals surface area contributed by atoms with Crippen molar-refractivity contribution in [2.45, 2.75) is 274 Å². The van der Waals surface area contributed by atoms with Crippen molar-refractivity contribution in [2.75, 3.05) is 38.6 Å². The molecule has 19 atom stereocenters. The number of nitrogens with one attached hydrogen (secondary N) is 12. The first-order valence-electron chi connectivity index (χ1n) is 37.6. The van der Waals surface area contributed by atoms with Crippen LogP contribution in [0, 0.1) is 35.0 Å². The summed E-state index contributed by atoms with van der Waals surface area (Å²) < 4.78 is -1.33. The summed E-state index contributed by atoms with van der Waals surface area (Å²) in [4.78, 5) is 213. The molecule has 1 saturated carbocycles. The third-order valence-electron chi connectivity index (χ3n) is 20.8. The highest BCUT2D eigenvalue weighted by Gasteiger charge is 2.53. The summed E-state index contributed by atoms with van der Waals surface area (Å²) in [6, 6.07) is -19.3. The SMILES string of the molecule is CC[C@H](C)[C@H](NC(=O)[C@H](C)N)C(=O)N[C@@H](CS)C(=O)N[C@@H](CO)C(=O)N[C@@H](CCCNC(=N)N)C(=O)N[C@@H](CO)C(=O)N[C@@H](CC(C)C)C(=O)N1CCC[C@H]1C(=O)N1[C@H](C(=O)N[C@H](C(=O)N[C@H](C(=O)N[C@H](C(=O)N2CCC[C@H]2C(=O)N[C@@H](CC(=O)O)C(N)=O)[C@@H](C)CC)C(C)(C)S)[C@@H](C)CC)C[C@@H]2CCCC[C@@H]21. The smallest absolute Gasteiger partial charge is 0.305 e. The van der Waals surface area contributed by atoms with Crippen LogP contribution in [0.5, 0.6) is 0 Å². The van der Waals surface area contributed by atoms with Crippen LogP contribution in [-0.2, 0) is 71.9 Å². The lowest BCUT2D eigenvalue weighted by Crippen LogP contribution is -2.64. The number of primary amides is 1. The first-order chi connectivity index (χ1) is 50.7. The number of guanidine groups is 1. The van der Waals surface area contributed by atoms with Gasteiger partial charge in [-0.3, -0.25) is 77.3 Å². The van der Waals surface area contributed by atoms with Crippen LogP contribution in [-0.4, -0.2) is 259 Å². The lowest BCUT2D eigenvalue weighted by Gasteiger charge is -2.38. The number of thiol groups is 2. The van der Waals surface area contributed by atoms with Gasteiger partial charge in [-0.1, -0.05) is 87.5 Å². The van der Waals surface area contributed by atoms with E-state index in [0.717, 1.165) is 12.8 Å². The predicted molar refractivity (Wildman–Crippen MR) is 403 cm³/mol. The quantitative estimate of drug-likeness (QED) is 0.0121. The number of carboxylic acid groups (broad SMARTS) is 1. The molecule has 36 nitrogen and oxygen atoms in total. The number of nitrogens with zero attached hydrogens (tertiary/aromatic N) is 3. The van der Waals surface area contributed by atoms with Crippen molar-refractivity contribution >= 4 is 120 Å². The molecule has 0 aromatic rings. The standard InChI is InChI=1S/C70H120N18O18S2/c1-12-35(6)51(82-56(94)38(9)71)63(101)81-45(33-107)60(98)80-43(31-89)58(96)76-40(21-17-25-75-69(73)74)57(95)79-44(32-90)59(97)78-42(28-34(4)5)66(104)87-27-19-24-48(87)67(105)88-46-22-16-15-20-39(46)29-49(88)62(100)83-52(36(7)13-2)64(102)85-54(70(10,11)108)65(103)84-53(37(8)14-3)68(106)86-26-18-23-47(86)61(99)77-41(55(72)93)30-50(91)92/h34-49,51-54,89-90,107-108H,12-33,71H2,1-11H3,(H2,72,93)(H,76,96)(H,77,99)(H,78,97)(H,79,95)(H,80,98)(H,81,101)(H,82,94)(H,83,100)(H,84,103)(H,85,102)(H,91,92)(H4,73,74,75)/t35-,36-,37-,38-,39-,40-,41-,42-,43-,44-,45-,46-,47-,48-,49-,51-,52-,53-,54+/m0/s1. The van der Waals surface area contributed by atoms with Crippen molar-refractivity contribution in [1.82, 2.24) is 73.2 Å². The molecule has 4 rings (SSSR count). The molecule has 3 saturated heterocycles. The molecule has 610 valence electrons. The molecule has 4 fully saturated rings. The van der Waals surface area contributed by atoms with Gasteiger partial charge in [0.2, 0.25) is 82.7 Å². The number of aliphatic carboxylic acids is 1. The summed E-state index contributed by atoms with van der Waals surface area (Å²) in [5, 5.41) is 66.4. The van der Waals surface area contributed by atoms with E-state index in [1.165, 1.54) is 21.6 Å². The second-order valence-electron chi connectivity index (χ2n) is 30.0. The van der Waals surface area contributed by atoms with Crippen molar-refractivity contribution in [3.63, 3.8) is 0 Å². The fourth-order valence-electron chi connectivity index (χ4n) is 13.9. The third-order valence-corrected chi connectivity index (χ3v) is 21.4. The Kier molecular flexibility index (Phi) is 37.0. The molecular formula is C70H120N18O18S2. The average Bonchev–Trinajstić information content (AvgIpc) is 1.60. The Bertz CT molecular complexity index is 3200. The summed E-state index contributed by atoms with van der Waals surface area (Å²) in [5.41, 5.74) is 16.6. The zero-order valence-corrected chi connectivity index (χ0v) is 65.8. The molecule has 0 radical (unpaired) electrons. The number of aliphatic hydroxyl groups excluding tert-OH is 2. The molecule has 3 heterocycles. The van der Waals surface area contributed by atoms with Crippen LogP contribution >= 0.6 is 25.3 Å². The highest BCUT2D eigenvalue weighted by Crippen LogP contribution is 2.41. The van der Waals surface area contributed by atoms with Crippen molar-refractivity contribution < 1.29 is 87.2 Å². The van der Waals surface area contributed by atoms with Crippen LogP contribution in [0.15, 0.2) is 0 Å². The number of carbonyl (C=O) groups excluding carboxylic acids is 14. The summed E-state index contributed by atoms with van der Waals surface area (Å²) in [6.07, 6.45) is 4.24. The maximum Gasteiger partial charge on any atom is 0.305 e. The van der Waals surface area contributed by atoms with Crippen LogP contribution in [0.3, 0.4) is 0 Å². The fourth-order valence-corrected chi connectivity index (χ4v) is 14.3. The van der Waals surface area contributed by atoms with Gasteiger partial charge in [-0.15, -0.1) is 0 Å². The van der Waals surface area contributed by atoms with E-state index in [2.05, 4.69) is 71.1 Å². The van der Waals surface area contributed by atoms with Gasteiger partial charge in [0, 0.05) is 36.2 Å². The van der Waals surface area contributed by atoms with Gasteiger partial charge in [-0.2, -0.15) is 25.3 Å². The second-order valence-corrected chi connectivity index (χ2v) is 31.5. The number of hydrogen-bond donors (Lipinski definition) is 20. The number of nitrogens with two attached hydrogens (primary N) is 3. The van der Waals surface area contributed by atoms with Gasteiger partial charge in [0.1, 0.15) is 78.5 Å². The predicted octanol–water partition coefficient (Wildman–Crippen LogP) is -3.65. The van der Waals surface area contributed by atoms with E-state index in [9.17, 15) is 72.9 Å². The number of carboxylic acids is 1. The minimum Gasteiger partial charge on any atom is -0.481 e. The molecule has 21 N–H and O–H groups in total. The van der Waals surface area contributed by atoms with E-state index in [-0.39, 0.29) is 75.7 Å². The molecule has 0 bridgehead atoms. The molecule has 1 aliphatic carbocycles. The Labute approximate surface area is 642 Å². The molecule has 0 unspecified atom stereocenters. The largest absolute Gasteiger partial charge is 0.481 e. The number of rotatable bonds is 42. The molecule has 3 aliphatic heterocycles. The molecule has 0 aromatic heterocycles. The molecule has 4 aliphatic rings. The normalized spacial score (nSPS) is 21.6. The summed E-state index contributed by atoms with van der Waals surface area (Å²) in [7, 11) is 0. The molecule has 14 amide bonds. The van der Waals surface area contributed by atoms with Gasteiger partial charge in [0.15, 0.2) is 5.96 Å². The van der Waals surface area contributed by atoms with Gasteiger partial charge >= 0.3 is 5.97 Å². The molecule has 38 heteroatoms. The van der Waals surface area contributed by atoms with Crippen LogP contribution in [0.4, 0.5) is 0 Å². The summed E-state index contributed by atoms with van der Waals surface area (Å²) >= 11 is 8.92. The van der Waals surface area contributed by atoms with Crippen molar-refractivity contribution in [3.05, 3.63) is 0 Å². The van der Waals surface area contributed by atoms with Crippen molar-refractivity contribution in [2.24, 2.45) is 46.8 Å². The lowest BCUT2D eigenvalue weighted by atomic mass is 9.84. The average molecular weight is 1570 g/mol. The first-order valence-corrected chi connectivity index (χ1v) is 38.7. The zero-order chi connectivity index (χ0) is 81.4. The number of carbonyl (C=O) groups is 15. The zero-order valence-electron chi connectivity index (χ0n) is 64.0. The number of aliphatic hydroxyl groups is 2. The Morgan fingerprint density at radius 3 is 1.52 bits per heavy atom.